The van der Waals surface area contributed by atoms with Gasteiger partial charge in [-0.25, -0.2) is 15.0 Å². The van der Waals surface area contributed by atoms with E-state index in [9.17, 15) is 0 Å². The molecule has 2 aromatic carbocycles. The van der Waals surface area contributed by atoms with E-state index in [0.29, 0.717) is 23.3 Å². The van der Waals surface area contributed by atoms with E-state index in [0.717, 1.165) is 28.1 Å². The number of rotatable bonds is 7. The topological polar surface area (TPSA) is 116 Å². The number of aromatic nitrogens is 6. The van der Waals surface area contributed by atoms with Crippen LogP contribution in [-0.2, 0) is 6.54 Å². The van der Waals surface area contributed by atoms with Crippen LogP contribution in [0.4, 0.5) is 17.5 Å². The van der Waals surface area contributed by atoms with E-state index in [4.69, 9.17) is 16.3 Å². The highest BCUT2D eigenvalue weighted by Gasteiger charge is 2.06. The Bertz CT molecular complexity index is 1280. The Balaban J connectivity index is 1.21. The lowest BCUT2D eigenvalue weighted by Crippen LogP contribution is -2.00. The van der Waals surface area contributed by atoms with Gasteiger partial charge < -0.3 is 20.4 Å². The van der Waals surface area contributed by atoms with Crippen molar-refractivity contribution in [3.8, 4) is 11.8 Å². The molecule has 3 aromatic heterocycles. The second-order valence-corrected chi connectivity index (χ2v) is 7.12. The van der Waals surface area contributed by atoms with Gasteiger partial charge in [0.05, 0.1) is 28.4 Å². The molecule has 0 fully saturated rings. The largest absolute Gasteiger partial charge is 0.424 e. The van der Waals surface area contributed by atoms with Gasteiger partial charge in [0, 0.05) is 24.5 Å². The van der Waals surface area contributed by atoms with E-state index in [1.165, 1.54) is 12.4 Å². The zero-order valence-corrected chi connectivity index (χ0v) is 16.9. The van der Waals surface area contributed by atoms with Gasteiger partial charge in [0.15, 0.2) is 5.82 Å². The summed E-state index contributed by atoms with van der Waals surface area (Å²) in [5, 5.41) is 13.9. The first-order chi connectivity index (χ1) is 15.2. The van der Waals surface area contributed by atoms with Gasteiger partial charge >= 0.3 is 6.01 Å². The lowest BCUT2D eigenvalue weighted by molar-refractivity contribution is 0.441. The van der Waals surface area contributed by atoms with Crippen molar-refractivity contribution in [2.75, 3.05) is 10.6 Å². The summed E-state index contributed by atoms with van der Waals surface area (Å²) in [5.74, 6) is 2.10. The van der Waals surface area contributed by atoms with Crippen molar-refractivity contribution in [1.29, 1.82) is 0 Å². The van der Waals surface area contributed by atoms with Crippen molar-refractivity contribution in [3.63, 3.8) is 0 Å². The monoisotopic (exact) mass is 432 g/mol. The number of halogens is 1. The standard InChI is InChI=1S/C21H17ClN8O/c22-14-11-24-21(25-12-14)31-16-4-1-13(2-5-16)10-23-20-28-17-6-3-15(9-18(17)29-20)27-19-7-8-26-30-19/h1-9,11-12H,10H2,(H2,23,28,29)(H2,26,27,30). The molecule has 9 nitrogen and oxygen atoms in total. The summed E-state index contributed by atoms with van der Waals surface area (Å²) >= 11 is 5.78. The van der Waals surface area contributed by atoms with E-state index in [2.05, 4.69) is 40.8 Å². The normalized spacial score (nSPS) is 10.9. The summed E-state index contributed by atoms with van der Waals surface area (Å²) in [6, 6.07) is 15.7. The minimum atomic E-state index is 0.249. The van der Waals surface area contributed by atoms with E-state index < -0.39 is 0 Å². The number of anilines is 3. The fourth-order valence-electron chi connectivity index (χ4n) is 2.97. The molecular weight excluding hydrogens is 416 g/mol. The van der Waals surface area contributed by atoms with Crippen LogP contribution in [-0.4, -0.2) is 30.1 Å². The molecule has 0 amide bonds. The third-order valence-corrected chi connectivity index (χ3v) is 4.64. The molecule has 0 aliphatic carbocycles. The number of ether oxygens (including phenoxy) is 1. The fraction of sp³-hybridized carbons (Fsp3) is 0.0476. The first-order valence-electron chi connectivity index (χ1n) is 9.46. The fourth-order valence-corrected chi connectivity index (χ4v) is 3.07. The van der Waals surface area contributed by atoms with Crippen LogP contribution in [0, 0.1) is 0 Å². The summed E-state index contributed by atoms with van der Waals surface area (Å²) in [6.45, 7) is 0.607. The molecule has 4 N–H and O–H groups in total. The number of benzene rings is 2. The first-order valence-corrected chi connectivity index (χ1v) is 9.84. The van der Waals surface area contributed by atoms with Crippen LogP contribution in [0.1, 0.15) is 5.56 Å². The zero-order valence-electron chi connectivity index (χ0n) is 16.1. The van der Waals surface area contributed by atoms with Crippen LogP contribution in [0.15, 0.2) is 67.1 Å². The Morgan fingerprint density at radius 1 is 1.00 bits per heavy atom. The second-order valence-electron chi connectivity index (χ2n) is 6.69. The maximum atomic E-state index is 5.78. The number of imidazole rings is 1. The van der Waals surface area contributed by atoms with Crippen LogP contribution < -0.4 is 15.4 Å². The molecule has 3 heterocycles. The summed E-state index contributed by atoms with van der Waals surface area (Å²) in [5.41, 5.74) is 3.80. The van der Waals surface area contributed by atoms with Gasteiger partial charge in [0.2, 0.25) is 5.95 Å². The molecule has 0 spiro atoms. The number of H-pyrrole nitrogens is 2. The van der Waals surface area contributed by atoms with Crippen molar-refractivity contribution in [1.82, 2.24) is 30.1 Å². The van der Waals surface area contributed by atoms with E-state index in [1.807, 2.05) is 48.5 Å². The Hall–Kier alpha value is -4.11. The van der Waals surface area contributed by atoms with Crippen molar-refractivity contribution >= 4 is 40.1 Å². The van der Waals surface area contributed by atoms with Crippen LogP contribution in [0.5, 0.6) is 11.8 Å². The summed E-state index contributed by atoms with van der Waals surface area (Å²) in [4.78, 5) is 15.9. The molecule has 0 bridgehead atoms. The highest BCUT2D eigenvalue weighted by atomic mass is 35.5. The van der Waals surface area contributed by atoms with E-state index in [1.54, 1.807) is 6.20 Å². The van der Waals surface area contributed by atoms with Crippen LogP contribution in [0.3, 0.4) is 0 Å². The summed E-state index contributed by atoms with van der Waals surface area (Å²) in [6.07, 6.45) is 4.75. The molecule has 0 saturated heterocycles. The number of fused-ring (bicyclic) bond motifs is 1. The minimum absolute atomic E-state index is 0.249. The molecule has 0 atom stereocenters. The van der Waals surface area contributed by atoms with Crippen LogP contribution in [0.25, 0.3) is 11.0 Å². The molecule has 10 heteroatoms. The van der Waals surface area contributed by atoms with Gasteiger partial charge in [-0.2, -0.15) is 5.10 Å². The van der Waals surface area contributed by atoms with E-state index >= 15 is 0 Å². The predicted molar refractivity (Wildman–Crippen MR) is 119 cm³/mol. The van der Waals surface area contributed by atoms with Crippen molar-refractivity contribution in [2.24, 2.45) is 0 Å². The number of aromatic amines is 2. The minimum Gasteiger partial charge on any atom is -0.424 e. The predicted octanol–water partition coefficient (Wildman–Crippen LogP) is 4.88. The third-order valence-electron chi connectivity index (χ3n) is 4.44. The highest BCUT2D eigenvalue weighted by molar-refractivity contribution is 6.30. The third kappa shape index (κ3) is 4.57. The highest BCUT2D eigenvalue weighted by Crippen LogP contribution is 2.22. The Labute approximate surface area is 181 Å². The maximum Gasteiger partial charge on any atom is 0.321 e. The van der Waals surface area contributed by atoms with Crippen LogP contribution in [0.2, 0.25) is 5.02 Å². The summed E-state index contributed by atoms with van der Waals surface area (Å²) in [7, 11) is 0. The number of hydrogen-bond acceptors (Lipinski definition) is 7. The van der Waals surface area contributed by atoms with Gasteiger partial charge in [0.25, 0.3) is 0 Å². The maximum absolute atomic E-state index is 5.78. The van der Waals surface area contributed by atoms with Crippen LogP contribution >= 0.6 is 11.6 Å². The lowest BCUT2D eigenvalue weighted by Gasteiger charge is -2.06. The second kappa shape index (κ2) is 8.33. The number of nitrogens with one attached hydrogen (secondary N) is 4. The van der Waals surface area contributed by atoms with Gasteiger partial charge in [-0.1, -0.05) is 23.7 Å². The average Bonchev–Trinajstić information content (AvgIpc) is 3.44. The molecule has 5 rings (SSSR count). The quantitative estimate of drug-likeness (QED) is 0.289. The average molecular weight is 433 g/mol. The zero-order chi connectivity index (χ0) is 21.0. The molecule has 0 aliphatic rings. The van der Waals surface area contributed by atoms with Gasteiger partial charge in [-0.05, 0) is 35.9 Å². The number of nitrogens with zero attached hydrogens (tertiary/aromatic N) is 4. The van der Waals surface area contributed by atoms with Crippen molar-refractivity contribution in [3.05, 3.63) is 77.7 Å². The first kappa shape index (κ1) is 18.9. The van der Waals surface area contributed by atoms with Gasteiger partial charge in [-0.3, -0.25) is 5.10 Å². The van der Waals surface area contributed by atoms with E-state index in [-0.39, 0.29) is 6.01 Å². The molecule has 5 aromatic rings. The Kier molecular flexibility index (Phi) is 5.07. The lowest BCUT2D eigenvalue weighted by atomic mass is 10.2. The SMILES string of the molecule is Clc1cnc(Oc2ccc(CNc3nc4ccc(Nc5cc[nH]n5)cc4[nH]3)cc2)nc1. The van der Waals surface area contributed by atoms with Gasteiger partial charge in [0.1, 0.15) is 5.75 Å². The molecule has 154 valence electrons. The molecule has 31 heavy (non-hydrogen) atoms. The van der Waals surface area contributed by atoms with Gasteiger partial charge in [-0.15, -0.1) is 0 Å². The molecule has 0 aliphatic heterocycles. The Morgan fingerprint density at radius 2 is 1.84 bits per heavy atom. The van der Waals surface area contributed by atoms with Crippen molar-refractivity contribution < 1.29 is 4.74 Å². The van der Waals surface area contributed by atoms with Crippen molar-refractivity contribution in [2.45, 2.75) is 6.54 Å². The molecule has 0 radical (unpaired) electrons. The molecule has 0 saturated carbocycles. The smallest absolute Gasteiger partial charge is 0.321 e. The summed E-state index contributed by atoms with van der Waals surface area (Å²) < 4.78 is 5.61. The number of hydrogen-bond donors (Lipinski definition) is 4. The molecular formula is C21H17ClN8O. The molecule has 0 unspecified atom stereocenters. The Morgan fingerprint density at radius 3 is 2.61 bits per heavy atom.